The van der Waals surface area contributed by atoms with Crippen molar-refractivity contribution in [1.29, 1.82) is 0 Å². The normalized spacial score (nSPS) is 10.8. The molecule has 0 aliphatic carbocycles. The minimum absolute atomic E-state index is 0.515. The SMILES string of the molecule is CCOc1cc(-c2nc3ccccc3s2)ccc1OCc1ccccc1. The Labute approximate surface area is 156 Å². The number of fused-ring (bicyclic) bond motifs is 1. The van der Waals surface area contributed by atoms with Crippen LogP contribution in [0.3, 0.4) is 0 Å². The van der Waals surface area contributed by atoms with Crippen molar-refractivity contribution in [3.05, 3.63) is 78.4 Å². The Morgan fingerprint density at radius 3 is 2.46 bits per heavy atom. The molecule has 0 radical (unpaired) electrons. The van der Waals surface area contributed by atoms with Crippen molar-refractivity contribution in [1.82, 2.24) is 4.98 Å². The Morgan fingerprint density at radius 2 is 1.65 bits per heavy atom. The molecule has 4 rings (SSSR count). The largest absolute Gasteiger partial charge is 0.490 e. The van der Waals surface area contributed by atoms with Gasteiger partial charge in [-0.3, -0.25) is 0 Å². The third kappa shape index (κ3) is 3.55. The number of para-hydroxylation sites is 1. The Bertz CT molecular complexity index is 978. The second kappa shape index (κ2) is 7.58. The lowest BCUT2D eigenvalue weighted by molar-refractivity contribution is 0.269. The molecule has 0 saturated carbocycles. The molecule has 3 aromatic carbocycles. The van der Waals surface area contributed by atoms with Crippen molar-refractivity contribution in [2.24, 2.45) is 0 Å². The number of hydrogen-bond donors (Lipinski definition) is 0. The first-order valence-corrected chi connectivity index (χ1v) is 9.44. The topological polar surface area (TPSA) is 31.4 Å². The van der Waals surface area contributed by atoms with Crippen LogP contribution in [0.5, 0.6) is 11.5 Å². The molecule has 26 heavy (non-hydrogen) atoms. The predicted octanol–water partition coefficient (Wildman–Crippen LogP) is 5.94. The van der Waals surface area contributed by atoms with Gasteiger partial charge >= 0.3 is 0 Å². The van der Waals surface area contributed by atoms with Gasteiger partial charge in [0.1, 0.15) is 11.6 Å². The fraction of sp³-hybridized carbons (Fsp3) is 0.136. The van der Waals surface area contributed by atoms with Crippen LogP contribution in [0.25, 0.3) is 20.8 Å². The molecule has 1 aromatic heterocycles. The van der Waals surface area contributed by atoms with E-state index in [1.165, 1.54) is 4.70 Å². The quantitative estimate of drug-likeness (QED) is 0.426. The van der Waals surface area contributed by atoms with E-state index in [1.807, 2.05) is 61.5 Å². The zero-order valence-corrected chi connectivity index (χ0v) is 15.3. The van der Waals surface area contributed by atoms with E-state index in [2.05, 4.69) is 18.2 Å². The van der Waals surface area contributed by atoms with E-state index < -0.39 is 0 Å². The van der Waals surface area contributed by atoms with Gasteiger partial charge in [0, 0.05) is 5.56 Å². The number of benzene rings is 3. The Morgan fingerprint density at radius 1 is 0.846 bits per heavy atom. The highest BCUT2D eigenvalue weighted by atomic mass is 32.1. The van der Waals surface area contributed by atoms with Crippen LogP contribution in [-0.2, 0) is 6.61 Å². The summed E-state index contributed by atoms with van der Waals surface area (Å²) in [5, 5.41) is 0.988. The first-order valence-electron chi connectivity index (χ1n) is 8.63. The maximum Gasteiger partial charge on any atom is 0.161 e. The highest BCUT2D eigenvalue weighted by molar-refractivity contribution is 7.21. The zero-order chi connectivity index (χ0) is 17.8. The fourth-order valence-corrected chi connectivity index (χ4v) is 3.72. The number of rotatable bonds is 6. The second-order valence-electron chi connectivity index (χ2n) is 5.86. The van der Waals surface area contributed by atoms with Crippen LogP contribution >= 0.6 is 11.3 Å². The van der Waals surface area contributed by atoms with E-state index >= 15 is 0 Å². The van der Waals surface area contributed by atoms with Crippen LogP contribution < -0.4 is 9.47 Å². The average Bonchev–Trinajstić information content (AvgIpc) is 3.12. The average molecular weight is 361 g/mol. The predicted molar refractivity (Wildman–Crippen MR) is 107 cm³/mol. The molecule has 4 heteroatoms. The van der Waals surface area contributed by atoms with E-state index in [4.69, 9.17) is 14.5 Å². The molecule has 0 amide bonds. The van der Waals surface area contributed by atoms with Gasteiger partial charge in [0.15, 0.2) is 11.5 Å². The lowest BCUT2D eigenvalue weighted by atomic mass is 10.2. The Kier molecular flexibility index (Phi) is 4.84. The van der Waals surface area contributed by atoms with Gasteiger partial charge in [0.2, 0.25) is 0 Å². The highest BCUT2D eigenvalue weighted by Gasteiger charge is 2.11. The first kappa shape index (κ1) is 16.6. The maximum absolute atomic E-state index is 5.98. The molecule has 0 bridgehead atoms. The smallest absolute Gasteiger partial charge is 0.161 e. The van der Waals surface area contributed by atoms with Crippen LogP contribution in [0.15, 0.2) is 72.8 Å². The molecule has 1 heterocycles. The number of ether oxygens (including phenoxy) is 2. The summed E-state index contributed by atoms with van der Waals surface area (Å²) in [5.74, 6) is 1.50. The second-order valence-corrected chi connectivity index (χ2v) is 6.89. The third-order valence-electron chi connectivity index (χ3n) is 4.02. The van der Waals surface area contributed by atoms with Gasteiger partial charge in [-0.2, -0.15) is 0 Å². The number of aromatic nitrogens is 1. The van der Waals surface area contributed by atoms with Gasteiger partial charge in [0.05, 0.1) is 16.8 Å². The molecule has 130 valence electrons. The molecule has 0 aliphatic heterocycles. The zero-order valence-electron chi connectivity index (χ0n) is 14.5. The summed E-state index contributed by atoms with van der Waals surface area (Å²) in [5.41, 5.74) is 3.20. The van der Waals surface area contributed by atoms with E-state index in [0.29, 0.717) is 13.2 Å². The Balaban J connectivity index is 1.62. The molecule has 0 aliphatic rings. The van der Waals surface area contributed by atoms with Crippen LogP contribution in [0, 0.1) is 0 Å². The molecule has 4 aromatic rings. The number of nitrogens with zero attached hydrogens (tertiary/aromatic N) is 1. The monoisotopic (exact) mass is 361 g/mol. The van der Waals surface area contributed by atoms with Crippen LogP contribution in [-0.4, -0.2) is 11.6 Å². The van der Waals surface area contributed by atoms with E-state index in [1.54, 1.807) is 11.3 Å². The first-order chi connectivity index (χ1) is 12.8. The van der Waals surface area contributed by atoms with Gasteiger partial charge in [-0.25, -0.2) is 4.98 Å². The van der Waals surface area contributed by atoms with E-state index in [0.717, 1.165) is 33.2 Å². The standard InChI is InChI=1S/C22H19NO2S/c1-2-24-20-14-17(22-23-18-10-6-7-11-21(18)26-22)12-13-19(20)25-15-16-8-4-3-5-9-16/h3-14H,2,15H2,1H3. The van der Waals surface area contributed by atoms with Crippen molar-refractivity contribution in [2.45, 2.75) is 13.5 Å². The summed E-state index contributed by atoms with van der Waals surface area (Å²) >= 11 is 1.69. The van der Waals surface area contributed by atoms with Crippen molar-refractivity contribution in [2.75, 3.05) is 6.61 Å². The molecule has 0 saturated heterocycles. The van der Waals surface area contributed by atoms with Crippen molar-refractivity contribution >= 4 is 21.6 Å². The lowest BCUT2D eigenvalue weighted by Crippen LogP contribution is -1.99. The molecule has 0 N–H and O–H groups in total. The van der Waals surface area contributed by atoms with Gasteiger partial charge in [-0.05, 0) is 42.8 Å². The maximum atomic E-state index is 5.98. The van der Waals surface area contributed by atoms with Crippen LogP contribution in [0.4, 0.5) is 0 Å². The highest BCUT2D eigenvalue weighted by Crippen LogP contribution is 2.36. The van der Waals surface area contributed by atoms with Crippen molar-refractivity contribution in [3.8, 4) is 22.1 Å². The summed E-state index contributed by atoms with van der Waals surface area (Å²) < 4.78 is 13.0. The van der Waals surface area contributed by atoms with Crippen molar-refractivity contribution < 1.29 is 9.47 Å². The molecule has 0 unspecified atom stereocenters. The minimum Gasteiger partial charge on any atom is -0.490 e. The summed E-state index contributed by atoms with van der Waals surface area (Å²) in [4.78, 5) is 4.73. The van der Waals surface area contributed by atoms with Gasteiger partial charge in [-0.1, -0.05) is 42.5 Å². The van der Waals surface area contributed by atoms with E-state index in [9.17, 15) is 0 Å². The number of thiazole rings is 1. The minimum atomic E-state index is 0.515. The lowest BCUT2D eigenvalue weighted by Gasteiger charge is -2.13. The Hall–Kier alpha value is -2.85. The van der Waals surface area contributed by atoms with E-state index in [-0.39, 0.29) is 0 Å². The summed E-state index contributed by atoms with van der Waals surface area (Å²) in [6.07, 6.45) is 0. The molecule has 0 fully saturated rings. The summed E-state index contributed by atoms with van der Waals surface area (Å²) in [6, 6.07) is 24.3. The number of hydrogen-bond acceptors (Lipinski definition) is 4. The van der Waals surface area contributed by atoms with Gasteiger partial charge < -0.3 is 9.47 Å². The van der Waals surface area contributed by atoms with Crippen LogP contribution in [0.2, 0.25) is 0 Å². The van der Waals surface area contributed by atoms with Crippen LogP contribution in [0.1, 0.15) is 12.5 Å². The summed E-state index contributed by atoms with van der Waals surface area (Å²) in [7, 11) is 0. The van der Waals surface area contributed by atoms with Crippen molar-refractivity contribution in [3.63, 3.8) is 0 Å². The molecule has 0 spiro atoms. The summed E-state index contributed by atoms with van der Waals surface area (Å²) in [6.45, 7) is 3.08. The molecular formula is C22H19NO2S. The molecular weight excluding hydrogens is 342 g/mol. The molecule has 0 atom stereocenters. The third-order valence-corrected chi connectivity index (χ3v) is 5.11. The van der Waals surface area contributed by atoms with Gasteiger partial charge in [-0.15, -0.1) is 11.3 Å². The molecule has 3 nitrogen and oxygen atoms in total. The van der Waals surface area contributed by atoms with Gasteiger partial charge in [0.25, 0.3) is 0 Å². The fourth-order valence-electron chi connectivity index (χ4n) is 2.76.